The number of anilines is 3. The summed E-state index contributed by atoms with van der Waals surface area (Å²) in [6, 6.07) is 14.4. The molecule has 8 heteroatoms. The minimum absolute atomic E-state index is 0.0803. The van der Waals surface area contributed by atoms with Crippen molar-refractivity contribution in [1.29, 1.82) is 0 Å². The molecule has 1 aromatic heterocycles. The maximum absolute atomic E-state index is 13.4. The second-order valence-electron chi connectivity index (χ2n) is 9.89. The van der Waals surface area contributed by atoms with Crippen LogP contribution in [0.5, 0.6) is 0 Å². The number of benzene rings is 2. The number of nitrogen functional groups attached to an aromatic ring is 1. The van der Waals surface area contributed by atoms with Crippen molar-refractivity contribution in [1.82, 2.24) is 14.7 Å². The minimum Gasteiger partial charge on any atom is -0.382 e. The third-order valence-corrected chi connectivity index (χ3v) is 7.32. The van der Waals surface area contributed by atoms with E-state index in [0.29, 0.717) is 44.1 Å². The average Bonchev–Trinajstić information content (AvgIpc) is 3.20. The number of carbonyl (C=O) groups is 2. The molecule has 8 nitrogen and oxygen atoms in total. The summed E-state index contributed by atoms with van der Waals surface area (Å²) in [5, 5.41) is 4.44. The van der Waals surface area contributed by atoms with E-state index >= 15 is 0 Å². The number of piperazine rings is 1. The van der Waals surface area contributed by atoms with Gasteiger partial charge in [-0.1, -0.05) is 35.4 Å². The summed E-state index contributed by atoms with van der Waals surface area (Å²) in [5.74, 6) is 0.354. The number of hydrogen-bond donors (Lipinski definition) is 1. The number of fused-ring (bicyclic) bond motifs is 1. The van der Waals surface area contributed by atoms with Crippen LogP contribution in [0.4, 0.5) is 17.2 Å². The quantitative estimate of drug-likeness (QED) is 0.598. The first-order valence-corrected chi connectivity index (χ1v) is 12.7. The molecule has 2 aliphatic heterocycles. The summed E-state index contributed by atoms with van der Waals surface area (Å²) in [7, 11) is 0. The Morgan fingerprint density at radius 2 is 1.64 bits per heavy atom. The van der Waals surface area contributed by atoms with Crippen molar-refractivity contribution < 1.29 is 9.59 Å². The second-order valence-corrected chi connectivity index (χ2v) is 9.89. The Balaban J connectivity index is 1.23. The van der Waals surface area contributed by atoms with Crippen LogP contribution in [-0.4, -0.2) is 59.2 Å². The Bertz CT molecular complexity index is 1290. The van der Waals surface area contributed by atoms with E-state index in [4.69, 9.17) is 5.73 Å². The zero-order valence-electron chi connectivity index (χ0n) is 21.3. The summed E-state index contributed by atoms with van der Waals surface area (Å²) >= 11 is 0. The van der Waals surface area contributed by atoms with E-state index in [-0.39, 0.29) is 18.2 Å². The summed E-state index contributed by atoms with van der Waals surface area (Å²) in [6.45, 7) is 10.2. The number of aryl methyl sites for hydroxylation is 4. The molecule has 188 valence electrons. The van der Waals surface area contributed by atoms with E-state index in [1.807, 2.05) is 36.1 Å². The monoisotopic (exact) mass is 486 g/mol. The summed E-state index contributed by atoms with van der Waals surface area (Å²) < 4.78 is 1.64. The fraction of sp³-hybridized carbons (Fsp3) is 0.393. The molecule has 5 rings (SSSR count). The Labute approximate surface area is 212 Å². The largest absolute Gasteiger partial charge is 0.382 e. The number of nitrogens with two attached hydrogens (primary N) is 1. The topological polar surface area (TPSA) is 87.7 Å². The Hall–Kier alpha value is -3.81. The zero-order valence-corrected chi connectivity index (χ0v) is 21.3. The van der Waals surface area contributed by atoms with Crippen LogP contribution in [0.3, 0.4) is 0 Å². The van der Waals surface area contributed by atoms with Gasteiger partial charge in [-0.15, -0.1) is 0 Å². The number of rotatable bonds is 5. The van der Waals surface area contributed by atoms with Crippen LogP contribution in [-0.2, 0) is 17.8 Å². The van der Waals surface area contributed by atoms with Crippen molar-refractivity contribution >= 4 is 29.0 Å². The Morgan fingerprint density at radius 3 is 2.33 bits per heavy atom. The molecule has 0 aliphatic carbocycles. The molecule has 36 heavy (non-hydrogen) atoms. The lowest BCUT2D eigenvalue weighted by molar-refractivity contribution is -0.131. The van der Waals surface area contributed by atoms with Crippen molar-refractivity contribution in [3.8, 4) is 0 Å². The van der Waals surface area contributed by atoms with E-state index in [1.54, 1.807) is 9.58 Å². The van der Waals surface area contributed by atoms with Gasteiger partial charge in [-0.3, -0.25) is 14.3 Å². The van der Waals surface area contributed by atoms with Gasteiger partial charge in [0.25, 0.3) is 5.91 Å². The van der Waals surface area contributed by atoms with Crippen LogP contribution in [0.2, 0.25) is 0 Å². The van der Waals surface area contributed by atoms with Gasteiger partial charge in [0.15, 0.2) is 0 Å². The molecule has 3 aromatic rings. The van der Waals surface area contributed by atoms with Gasteiger partial charge < -0.3 is 20.4 Å². The van der Waals surface area contributed by atoms with Gasteiger partial charge in [-0.25, -0.2) is 0 Å². The van der Waals surface area contributed by atoms with Crippen LogP contribution in [0.15, 0.2) is 42.5 Å². The molecule has 3 heterocycles. The highest BCUT2D eigenvalue weighted by Crippen LogP contribution is 2.28. The lowest BCUT2D eigenvalue weighted by Crippen LogP contribution is -2.49. The lowest BCUT2D eigenvalue weighted by Gasteiger charge is -2.37. The first kappa shape index (κ1) is 23.9. The number of nitrogens with zero attached hydrogens (tertiary/aromatic N) is 5. The Kier molecular flexibility index (Phi) is 6.43. The molecule has 0 unspecified atom stereocenters. The molecule has 0 atom stereocenters. The fourth-order valence-corrected chi connectivity index (χ4v) is 5.31. The highest BCUT2D eigenvalue weighted by molar-refractivity contribution is 6.07. The SMILES string of the molecule is Cc1ccc(N2CCc3c(N)nn(CCC(=O)N4CCN(c5ccc(C)cc5C)CC4)c3C2=O)cc1. The molecule has 0 bridgehead atoms. The van der Waals surface area contributed by atoms with Gasteiger partial charge >= 0.3 is 0 Å². The van der Waals surface area contributed by atoms with Crippen molar-refractivity contribution in [3.63, 3.8) is 0 Å². The van der Waals surface area contributed by atoms with Crippen LogP contribution in [0.25, 0.3) is 0 Å². The van der Waals surface area contributed by atoms with Crippen molar-refractivity contribution in [2.24, 2.45) is 0 Å². The first-order chi connectivity index (χ1) is 17.3. The maximum Gasteiger partial charge on any atom is 0.276 e. The summed E-state index contributed by atoms with van der Waals surface area (Å²) in [4.78, 5) is 32.5. The standard InChI is InChI=1S/C28H34N6O2/c1-19-4-7-22(8-5-19)33-12-10-23-26(28(33)36)34(30-27(23)29)13-11-25(35)32-16-14-31(15-17-32)24-9-6-20(2)18-21(24)3/h4-9,18H,10-17H2,1-3H3,(H2,29,30). The van der Waals surface area contributed by atoms with Gasteiger partial charge in [0.1, 0.15) is 11.5 Å². The van der Waals surface area contributed by atoms with E-state index < -0.39 is 0 Å². The van der Waals surface area contributed by atoms with E-state index in [2.05, 4.69) is 42.0 Å². The van der Waals surface area contributed by atoms with Gasteiger partial charge in [0, 0.05) is 56.1 Å². The number of carbonyl (C=O) groups excluding carboxylic acids is 2. The Morgan fingerprint density at radius 1 is 0.944 bits per heavy atom. The fourth-order valence-electron chi connectivity index (χ4n) is 5.31. The summed E-state index contributed by atoms with van der Waals surface area (Å²) in [6.07, 6.45) is 0.935. The third-order valence-electron chi connectivity index (χ3n) is 7.32. The molecule has 0 saturated carbocycles. The zero-order chi connectivity index (χ0) is 25.4. The number of amides is 2. The van der Waals surface area contributed by atoms with Crippen LogP contribution < -0.4 is 15.5 Å². The third kappa shape index (κ3) is 4.55. The lowest BCUT2D eigenvalue weighted by atomic mass is 10.0. The van der Waals surface area contributed by atoms with E-state index in [0.717, 1.165) is 29.9 Å². The molecule has 2 N–H and O–H groups in total. The van der Waals surface area contributed by atoms with E-state index in [9.17, 15) is 9.59 Å². The highest BCUT2D eigenvalue weighted by Gasteiger charge is 2.32. The van der Waals surface area contributed by atoms with Crippen molar-refractivity contribution in [2.75, 3.05) is 48.3 Å². The van der Waals surface area contributed by atoms with Crippen molar-refractivity contribution in [3.05, 3.63) is 70.4 Å². The number of hydrogen-bond acceptors (Lipinski definition) is 5. The van der Waals surface area contributed by atoms with Gasteiger partial charge in [0.2, 0.25) is 5.91 Å². The predicted molar refractivity (Wildman–Crippen MR) is 143 cm³/mol. The molecule has 0 spiro atoms. The second kappa shape index (κ2) is 9.68. The minimum atomic E-state index is -0.112. The molecule has 0 radical (unpaired) electrons. The highest BCUT2D eigenvalue weighted by atomic mass is 16.2. The van der Waals surface area contributed by atoms with Gasteiger partial charge in [0.05, 0.1) is 6.54 Å². The number of aromatic nitrogens is 2. The summed E-state index contributed by atoms with van der Waals surface area (Å²) in [5.41, 5.74) is 13.2. The van der Waals surface area contributed by atoms with Crippen LogP contribution >= 0.6 is 0 Å². The molecule has 1 saturated heterocycles. The smallest absolute Gasteiger partial charge is 0.276 e. The average molecular weight is 487 g/mol. The van der Waals surface area contributed by atoms with Gasteiger partial charge in [-0.2, -0.15) is 5.10 Å². The van der Waals surface area contributed by atoms with Gasteiger partial charge in [-0.05, 0) is 51.0 Å². The molecule has 2 aromatic carbocycles. The molecular weight excluding hydrogens is 452 g/mol. The maximum atomic E-state index is 13.4. The first-order valence-electron chi connectivity index (χ1n) is 12.7. The van der Waals surface area contributed by atoms with E-state index in [1.165, 1.54) is 16.8 Å². The van der Waals surface area contributed by atoms with Crippen LogP contribution in [0, 0.1) is 20.8 Å². The predicted octanol–water partition coefficient (Wildman–Crippen LogP) is 3.33. The molecule has 2 amide bonds. The normalized spacial score (nSPS) is 15.9. The molecule has 1 fully saturated rings. The van der Waals surface area contributed by atoms with Crippen LogP contribution in [0.1, 0.15) is 39.2 Å². The molecular formula is C28H34N6O2. The van der Waals surface area contributed by atoms with Crippen molar-refractivity contribution in [2.45, 2.75) is 40.2 Å². The molecule has 2 aliphatic rings.